The van der Waals surface area contributed by atoms with Gasteiger partial charge in [0.1, 0.15) is 5.82 Å². The van der Waals surface area contributed by atoms with Gasteiger partial charge in [0.25, 0.3) is 5.91 Å². The van der Waals surface area contributed by atoms with E-state index in [1.165, 1.54) is 0 Å². The van der Waals surface area contributed by atoms with Crippen molar-refractivity contribution in [2.75, 3.05) is 6.54 Å². The number of carbonyl (C=O) groups is 1. The minimum absolute atomic E-state index is 0.177. The summed E-state index contributed by atoms with van der Waals surface area (Å²) in [5, 5.41) is 6.70. The lowest BCUT2D eigenvalue weighted by atomic mass is 10.3. The lowest BCUT2D eigenvalue weighted by Gasteiger charge is -2.18. The van der Waals surface area contributed by atoms with E-state index < -0.39 is 0 Å². The molecule has 1 amide bonds. The summed E-state index contributed by atoms with van der Waals surface area (Å²) < 4.78 is 0. The zero-order valence-electron chi connectivity index (χ0n) is 11.1. The Labute approximate surface area is 111 Å². The number of aryl methyl sites for hydroxylation is 1. The van der Waals surface area contributed by atoms with Crippen LogP contribution in [0, 0.1) is 0 Å². The Bertz CT molecular complexity index is 537. The van der Waals surface area contributed by atoms with E-state index in [4.69, 9.17) is 0 Å². The van der Waals surface area contributed by atoms with Crippen molar-refractivity contribution in [3.63, 3.8) is 0 Å². The van der Waals surface area contributed by atoms with E-state index in [0.29, 0.717) is 13.1 Å². The number of hydrogen-bond donors (Lipinski definition) is 1. The van der Waals surface area contributed by atoms with Crippen LogP contribution in [0.5, 0.6) is 0 Å². The third-order valence-electron chi connectivity index (χ3n) is 2.81. The number of rotatable bonds is 5. The summed E-state index contributed by atoms with van der Waals surface area (Å²) in [7, 11) is 0. The van der Waals surface area contributed by atoms with Gasteiger partial charge >= 0.3 is 0 Å². The van der Waals surface area contributed by atoms with Crippen molar-refractivity contribution < 1.29 is 4.79 Å². The highest BCUT2D eigenvalue weighted by molar-refractivity contribution is 5.90. The molecule has 0 aliphatic heterocycles. The fourth-order valence-corrected chi connectivity index (χ4v) is 1.70. The van der Waals surface area contributed by atoms with E-state index in [9.17, 15) is 4.79 Å². The molecule has 6 nitrogen and oxygen atoms in total. The van der Waals surface area contributed by atoms with Crippen LogP contribution >= 0.6 is 0 Å². The summed E-state index contributed by atoms with van der Waals surface area (Å²) in [6.45, 7) is 4.94. The van der Waals surface area contributed by atoms with Gasteiger partial charge in [-0.15, -0.1) is 5.10 Å². The number of amides is 1. The maximum atomic E-state index is 12.3. The molecule has 2 aromatic rings. The first-order valence-electron chi connectivity index (χ1n) is 6.35. The fraction of sp³-hybridized carbons (Fsp3) is 0.385. The van der Waals surface area contributed by atoms with Gasteiger partial charge in [0.05, 0.1) is 12.2 Å². The van der Waals surface area contributed by atoms with Crippen LogP contribution in [0.4, 0.5) is 0 Å². The van der Waals surface area contributed by atoms with Crippen molar-refractivity contribution in [3.8, 4) is 0 Å². The topological polar surface area (TPSA) is 74.8 Å². The Kier molecular flexibility index (Phi) is 4.22. The van der Waals surface area contributed by atoms with Gasteiger partial charge in [0.15, 0.2) is 0 Å². The van der Waals surface area contributed by atoms with Crippen LogP contribution in [0.25, 0.3) is 0 Å². The summed E-state index contributed by atoms with van der Waals surface area (Å²) in [6.07, 6.45) is 2.45. The Morgan fingerprint density at radius 1 is 1.37 bits per heavy atom. The lowest BCUT2D eigenvalue weighted by Crippen LogP contribution is -2.31. The molecule has 100 valence electrons. The van der Waals surface area contributed by atoms with E-state index in [1.807, 2.05) is 32.0 Å². The summed E-state index contributed by atoms with van der Waals surface area (Å²) in [6, 6.07) is 5.65. The van der Waals surface area contributed by atoms with E-state index in [2.05, 4.69) is 20.2 Å². The van der Waals surface area contributed by atoms with Crippen molar-refractivity contribution in [2.45, 2.75) is 26.8 Å². The normalized spacial score (nSPS) is 10.4. The van der Waals surface area contributed by atoms with Crippen LogP contribution in [-0.2, 0) is 13.0 Å². The van der Waals surface area contributed by atoms with Crippen molar-refractivity contribution in [1.82, 2.24) is 25.1 Å². The Morgan fingerprint density at radius 3 is 2.79 bits per heavy atom. The lowest BCUT2D eigenvalue weighted by molar-refractivity contribution is 0.0738. The fourth-order valence-electron chi connectivity index (χ4n) is 1.70. The van der Waals surface area contributed by atoms with Gasteiger partial charge in [-0.3, -0.25) is 14.9 Å². The summed E-state index contributed by atoms with van der Waals surface area (Å²) in [5.41, 5.74) is 0.851. The molecule has 0 saturated carbocycles. The SMILES string of the molecule is CCc1nc(C(=O)N(CC)Cc2ccccn2)n[nH]1. The third-order valence-corrected chi connectivity index (χ3v) is 2.81. The number of aromatic amines is 1. The van der Waals surface area contributed by atoms with Gasteiger partial charge in [-0.2, -0.15) is 0 Å². The summed E-state index contributed by atoms with van der Waals surface area (Å²) in [4.78, 5) is 22.3. The van der Waals surface area contributed by atoms with Gasteiger partial charge in [-0.1, -0.05) is 13.0 Å². The van der Waals surface area contributed by atoms with E-state index >= 15 is 0 Å². The number of pyridine rings is 1. The number of nitrogens with zero attached hydrogens (tertiary/aromatic N) is 4. The molecular formula is C13H17N5O. The molecule has 0 aliphatic carbocycles. The first-order chi connectivity index (χ1) is 9.24. The van der Waals surface area contributed by atoms with Gasteiger partial charge in [0, 0.05) is 19.2 Å². The van der Waals surface area contributed by atoms with Gasteiger partial charge in [-0.25, -0.2) is 4.98 Å². The zero-order valence-corrected chi connectivity index (χ0v) is 11.1. The summed E-state index contributed by atoms with van der Waals surface area (Å²) in [5.74, 6) is 0.760. The van der Waals surface area contributed by atoms with Gasteiger partial charge in [-0.05, 0) is 19.1 Å². The minimum atomic E-state index is -0.177. The molecule has 0 unspecified atom stereocenters. The molecule has 0 bridgehead atoms. The Morgan fingerprint density at radius 2 is 2.21 bits per heavy atom. The maximum absolute atomic E-state index is 12.3. The molecule has 0 aromatic carbocycles. The van der Waals surface area contributed by atoms with Crippen LogP contribution in [0.2, 0.25) is 0 Å². The third kappa shape index (κ3) is 3.15. The van der Waals surface area contributed by atoms with E-state index in [0.717, 1.165) is 17.9 Å². The molecule has 0 radical (unpaired) electrons. The molecule has 19 heavy (non-hydrogen) atoms. The first kappa shape index (κ1) is 13.2. The minimum Gasteiger partial charge on any atom is -0.330 e. The van der Waals surface area contributed by atoms with Crippen molar-refractivity contribution in [3.05, 3.63) is 41.7 Å². The number of hydrogen-bond acceptors (Lipinski definition) is 4. The highest BCUT2D eigenvalue weighted by atomic mass is 16.2. The van der Waals surface area contributed by atoms with Gasteiger partial charge in [0.2, 0.25) is 5.82 Å². The van der Waals surface area contributed by atoms with Crippen LogP contribution < -0.4 is 0 Å². The van der Waals surface area contributed by atoms with E-state index in [-0.39, 0.29) is 11.7 Å². The number of H-pyrrole nitrogens is 1. The van der Waals surface area contributed by atoms with Crippen molar-refractivity contribution >= 4 is 5.91 Å². The van der Waals surface area contributed by atoms with Crippen LogP contribution in [0.3, 0.4) is 0 Å². The first-order valence-corrected chi connectivity index (χ1v) is 6.35. The number of carbonyl (C=O) groups excluding carboxylic acids is 1. The molecule has 0 fully saturated rings. The molecular weight excluding hydrogens is 242 g/mol. The number of aromatic nitrogens is 4. The molecule has 1 N–H and O–H groups in total. The molecule has 2 heterocycles. The molecule has 2 rings (SSSR count). The molecule has 0 spiro atoms. The Balaban J connectivity index is 2.11. The molecule has 2 aromatic heterocycles. The quantitative estimate of drug-likeness (QED) is 0.881. The van der Waals surface area contributed by atoms with Crippen LogP contribution in [0.1, 0.15) is 36.0 Å². The second-order valence-corrected chi connectivity index (χ2v) is 4.10. The molecule has 0 aliphatic rings. The highest BCUT2D eigenvalue weighted by Gasteiger charge is 2.19. The van der Waals surface area contributed by atoms with Crippen molar-refractivity contribution in [2.24, 2.45) is 0 Å². The average molecular weight is 259 g/mol. The largest absolute Gasteiger partial charge is 0.330 e. The monoisotopic (exact) mass is 259 g/mol. The van der Waals surface area contributed by atoms with Gasteiger partial charge < -0.3 is 4.90 Å². The molecule has 6 heteroatoms. The average Bonchev–Trinajstić information content (AvgIpc) is 2.94. The van der Waals surface area contributed by atoms with E-state index in [1.54, 1.807) is 11.1 Å². The highest BCUT2D eigenvalue weighted by Crippen LogP contribution is 2.05. The number of nitrogens with one attached hydrogen (secondary N) is 1. The van der Waals surface area contributed by atoms with Crippen molar-refractivity contribution in [1.29, 1.82) is 0 Å². The predicted octanol–water partition coefficient (Wildman–Crippen LogP) is 1.42. The predicted molar refractivity (Wildman–Crippen MR) is 70.4 cm³/mol. The molecule has 0 saturated heterocycles. The zero-order chi connectivity index (χ0) is 13.7. The second kappa shape index (κ2) is 6.08. The maximum Gasteiger partial charge on any atom is 0.293 e. The smallest absolute Gasteiger partial charge is 0.293 e. The van der Waals surface area contributed by atoms with Crippen LogP contribution in [-0.4, -0.2) is 37.5 Å². The standard InChI is InChI=1S/C13H17N5O/c1-3-11-15-12(17-16-11)13(19)18(4-2)9-10-7-5-6-8-14-10/h5-8H,3-4,9H2,1-2H3,(H,15,16,17). The van der Waals surface area contributed by atoms with Crippen LogP contribution in [0.15, 0.2) is 24.4 Å². The summed E-state index contributed by atoms with van der Waals surface area (Å²) >= 11 is 0. The second-order valence-electron chi connectivity index (χ2n) is 4.10. The molecule has 0 atom stereocenters. The Hall–Kier alpha value is -2.24.